The quantitative estimate of drug-likeness (QED) is 0.813. The van der Waals surface area contributed by atoms with Gasteiger partial charge in [0.05, 0.1) is 5.69 Å². The lowest BCUT2D eigenvalue weighted by atomic mass is 9.99. The van der Waals surface area contributed by atoms with Gasteiger partial charge in [-0.3, -0.25) is 0 Å². The highest BCUT2D eigenvalue weighted by Crippen LogP contribution is 2.37. The third-order valence-corrected chi connectivity index (χ3v) is 4.52. The number of rotatable bonds is 1. The van der Waals surface area contributed by atoms with Gasteiger partial charge in [0.15, 0.2) is 17.5 Å². The summed E-state index contributed by atoms with van der Waals surface area (Å²) >= 11 is 1.26. The van der Waals surface area contributed by atoms with Crippen molar-refractivity contribution < 1.29 is 13.2 Å². The van der Waals surface area contributed by atoms with E-state index in [1.54, 1.807) is 0 Å². The minimum absolute atomic E-state index is 0.00880. The second-order valence-corrected chi connectivity index (χ2v) is 5.58. The zero-order chi connectivity index (χ0) is 13.6. The Hall–Kier alpha value is -1.40. The Bertz CT molecular complexity index is 639. The van der Waals surface area contributed by atoms with E-state index in [0.717, 1.165) is 35.9 Å². The molecular formula is C13H11F3N2S. The molecule has 0 radical (unpaired) electrons. The summed E-state index contributed by atoms with van der Waals surface area (Å²) in [5.74, 6) is -3.85. The first-order chi connectivity index (χ1) is 9.08. The first-order valence-electron chi connectivity index (χ1n) is 5.97. The Morgan fingerprint density at radius 3 is 2.74 bits per heavy atom. The van der Waals surface area contributed by atoms with Gasteiger partial charge in [0, 0.05) is 16.5 Å². The van der Waals surface area contributed by atoms with Gasteiger partial charge in [-0.1, -0.05) is 0 Å². The number of halogens is 3. The molecule has 0 amide bonds. The van der Waals surface area contributed by atoms with Crippen LogP contribution in [0.2, 0.25) is 0 Å². The third-order valence-electron chi connectivity index (χ3n) is 3.26. The van der Waals surface area contributed by atoms with Crippen LogP contribution in [0.25, 0.3) is 10.6 Å². The van der Waals surface area contributed by atoms with Crippen molar-refractivity contribution in [1.29, 1.82) is 0 Å². The maximum atomic E-state index is 13.7. The van der Waals surface area contributed by atoms with Crippen LogP contribution >= 0.6 is 11.3 Å². The van der Waals surface area contributed by atoms with Crippen molar-refractivity contribution in [1.82, 2.24) is 4.98 Å². The Labute approximate surface area is 112 Å². The lowest BCUT2D eigenvalue weighted by molar-refractivity contribution is 0.449. The number of thiazole rings is 1. The molecule has 0 saturated carbocycles. The second kappa shape index (κ2) is 4.61. The first kappa shape index (κ1) is 12.6. The van der Waals surface area contributed by atoms with Gasteiger partial charge in [0.1, 0.15) is 5.01 Å². The molecule has 0 saturated heterocycles. The predicted octanol–water partition coefficient (Wildman–Crippen LogP) is 3.56. The fourth-order valence-corrected chi connectivity index (χ4v) is 3.43. The Morgan fingerprint density at radius 2 is 2.00 bits per heavy atom. The van der Waals surface area contributed by atoms with Gasteiger partial charge in [-0.25, -0.2) is 18.2 Å². The van der Waals surface area contributed by atoms with Crippen LogP contribution < -0.4 is 5.73 Å². The van der Waals surface area contributed by atoms with Crippen molar-refractivity contribution in [2.45, 2.75) is 25.3 Å². The normalized spacial score (nSPS) is 18.4. The Morgan fingerprint density at radius 1 is 1.21 bits per heavy atom. The fourth-order valence-electron chi connectivity index (χ4n) is 2.26. The van der Waals surface area contributed by atoms with Crippen LogP contribution in [0.15, 0.2) is 12.1 Å². The monoisotopic (exact) mass is 284 g/mol. The summed E-state index contributed by atoms with van der Waals surface area (Å²) in [6.07, 6.45) is 2.61. The molecule has 1 atom stereocenters. The van der Waals surface area contributed by atoms with E-state index in [1.165, 1.54) is 17.4 Å². The van der Waals surface area contributed by atoms with Crippen molar-refractivity contribution >= 4 is 11.3 Å². The molecule has 1 aromatic carbocycles. The van der Waals surface area contributed by atoms with Crippen LogP contribution in [0.1, 0.15) is 29.5 Å². The summed E-state index contributed by atoms with van der Waals surface area (Å²) in [7, 11) is 0. The van der Waals surface area contributed by atoms with Crippen molar-refractivity contribution in [2.75, 3.05) is 0 Å². The molecule has 1 heterocycles. The number of aromatic nitrogens is 1. The minimum atomic E-state index is -1.46. The highest BCUT2D eigenvalue weighted by molar-refractivity contribution is 7.15. The molecule has 1 aliphatic carbocycles. The molecule has 0 aliphatic heterocycles. The van der Waals surface area contributed by atoms with Gasteiger partial charge in [-0.2, -0.15) is 0 Å². The number of benzene rings is 1. The van der Waals surface area contributed by atoms with Crippen molar-refractivity contribution in [2.24, 2.45) is 5.73 Å². The molecular weight excluding hydrogens is 273 g/mol. The van der Waals surface area contributed by atoms with E-state index in [9.17, 15) is 13.2 Å². The standard InChI is InChI=1S/C13H11F3N2S/c14-7-5-4-6(10(15)11(7)16)13-18-9-3-1-2-8(17)12(9)19-13/h4-5,8H,1-3,17H2. The number of aryl methyl sites for hydroxylation is 1. The summed E-state index contributed by atoms with van der Waals surface area (Å²) in [4.78, 5) is 5.23. The summed E-state index contributed by atoms with van der Waals surface area (Å²) in [6.45, 7) is 0. The second-order valence-electron chi connectivity index (χ2n) is 4.55. The fraction of sp³-hybridized carbons (Fsp3) is 0.308. The van der Waals surface area contributed by atoms with E-state index in [2.05, 4.69) is 4.98 Å². The molecule has 1 unspecified atom stereocenters. The van der Waals surface area contributed by atoms with Crippen molar-refractivity contribution in [3.63, 3.8) is 0 Å². The molecule has 2 aromatic rings. The van der Waals surface area contributed by atoms with Gasteiger partial charge in [-0.05, 0) is 31.4 Å². The SMILES string of the molecule is NC1CCCc2nc(-c3ccc(F)c(F)c3F)sc21. The Balaban J connectivity index is 2.11. The summed E-state index contributed by atoms with van der Waals surface area (Å²) in [6, 6.07) is 2.03. The highest BCUT2D eigenvalue weighted by Gasteiger charge is 2.24. The maximum Gasteiger partial charge on any atom is 0.195 e. The van der Waals surface area contributed by atoms with E-state index < -0.39 is 17.5 Å². The Kier molecular flexibility index (Phi) is 3.06. The van der Waals surface area contributed by atoms with Crippen LogP contribution in [-0.4, -0.2) is 4.98 Å². The largest absolute Gasteiger partial charge is 0.323 e. The number of nitrogens with two attached hydrogens (primary N) is 1. The molecule has 0 bridgehead atoms. The molecule has 0 spiro atoms. The van der Waals surface area contributed by atoms with Crippen LogP contribution in [-0.2, 0) is 6.42 Å². The lowest BCUT2D eigenvalue weighted by Crippen LogP contribution is -2.15. The summed E-state index contributed by atoms with van der Waals surface area (Å²) < 4.78 is 39.9. The first-order valence-corrected chi connectivity index (χ1v) is 6.78. The maximum absolute atomic E-state index is 13.7. The average Bonchev–Trinajstić information content (AvgIpc) is 2.81. The molecule has 1 aromatic heterocycles. The van der Waals surface area contributed by atoms with Gasteiger partial charge in [-0.15, -0.1) is 11.3 Å². The number of hydrogen-bond donors (Lipinski definition) is 1. The molecule has 0 fully saturated rings. The number of nitrogens with zero attached hydrogens (tertiary/aromatic N) is 1. The molecule has 2 nitrogen and oxygen atoms in total. The highest BCUT2D eigenvalue weighted by atomic mass is 32.1. The predicted molar refractivity (Wildman–Crippen MR) is 67.3 cm³/mol. The topological polar surface area (TPSA) is 38.9 Å². The van der Waals surface area contributed by atoms with Gasteiger partial charge < -0.3 is 5.73 Å². The van der Waals surface area contributed by atoms with Crippen LogP contribution in [0.4, 0.5) is 13.2 Å². The zero-order valence-corrected chi connectivity index (χ0v) is 10.7. The molecule has 3 rings (SSSR count). The van der Waals surface area contributed by atoms with Gasteiger partial charge in [0.2, 0.25) is 0 Å². The van der Waals surface area contributed by atoms with Crippen LogP contribution in [0.3, 0.4) is 0 Å². The lowest BCUT2D eigenvalue weighted by Gasteiger charge is -2.15. The van der Waals surface area contributed by atoms with Crippen LogP contribution in [0.5, 0.6) is 0 Å². The van der Waals surface area contributed by atoms with Crippen molar-refractivity contribution in [3.05, 3.63) is 40.2 Å². The molecule has 1 aliphatic rings. The third kappa shape index (κ3) is 2.04. The summed E-state index contributed by atoms with van der Waals surface area (Å²) in [5.41, 5.74) is 6.81. The molecule has 2 N–H and O–H groups in total. The van der Waals surface area contributed by atoms with E-state index in [0.29, 0.717) is 5.01 Å². The minimum Gasteiger partial charge on any atom is -0.323 e. The van der Waals surface area contributed by atoms with Gasteiger partial charge in [0.25, 0.3) is 0 Å². The zero-order valence-electron chi connectivity index (χ0n) is 9.92. The van der Waals surface area contributed by atoms with E-state index in [1.807, 2.05) is 0 Å². The van der Waals surface area contributed by atoms with E-state index in [4.69, 9.17) is 5.73 Å². The number of hydrogen-bond acceptors (Lipinski definition) is 3. The molecule has 19 heavy (non-hydrogen) atoms. The van der Waals surface area contributed by atoms with Crippen molar-refractivity contribution in [3.8, 4) is 10.6 Å². The van der Waals surface area contributed by atoms with Crippen LogP contribution in [0, 0.1) is 17.5 Å². The number of fused-ring (bicyclic) bond motifs is 1. The molecule has 100 valence electrons. The molecule has 6 heteroatoms. The van der Waals surface area contributed by atoms with Gasteiger partial charge >= 0.3 is 0 Å². The smallest absolute Gasteiger partial charge is 0.195 e. The average molecular weight is 284 g/mol. The van der Waals surface area contributed by atoms with E-state index in [-0.39, 0.29) is 11.6 Å². The summed E-state index contributed by atoms with van der Waals surface area (Å²) in [5, 5.41) is 0.360. The van der Waals surface area contributed by atoms with E-state index >= 15 is 0 Å².